The third-order valence-electron chi connectivity index (χ3n) is 2.33. The minimum atomic E-state index is -4.21. The van der Waals surface area contributed by atoms with Crippen LogP contribution in [0.4, 0.5) is 24.5 Å². The second kappa shape index (κ2) is 6.47. The Morgan fingerprint density at radius 2 is 2.00 bits per heavy atom. The predicted molar refractivity (Wildman–Crippen MR) is 67.0 cm³/mol. The summed E-state index contributed by atoms with van der Waals surface area (Å²) in [6, 6.07) is 1.69. The first-order valence-corrected chi connectivity index (χ1v) is 5.97. The number of aromatic nitrogens is 1. The largest absolute Gasteiger partial charge is 0.405 e. The van der Waals surface area contributed by atoms with E-state index in [9.17, 15) is 13.2 Å². The third kappa shape index (κ3) is 4.81. The Morgan fingerprint density at radius 3 is 2.56 bits per heavy atom. The van der Waals surface area contributed by atoms with Gasteiger partial charge in [0, 0.05) is 13.1 Å². The molecule has 0 amide bonds. The van der Waals surface area contributed by atoms with E-state index in [0.717, 1.165) is 5.69 Å². The Labute approximate surface area is 105 Å². The van der Waals surface area contributed by atoms with Crippen LogP contribution in [-0.4, -0.2) is 30.8 Å². The minimum absolute atomic E-state index is 0.358. The number of hydrogen-bond donors (Lipinski definition) is 1. The zero-order valence-corrected chi connectivity index (χ0v) is 10.6. The molecule has 1 aromatic heterocycles. The SMILES string of the molecule is CCCN(CC(F)(F)F)c1cncc(NCC)c1. The van der Waals surface area contributed by atoms with Gasteiger partial charge in [0.2, 0.25) is 0 Å². The lowest BCUT2D eigenvalue weighted by molar-refractivity contribution is -0.119. The number of hydrogen-bond acceptors (Lipinski definition) is 3. The normalized spacial score (nSPS) is 11.4. The zero-order chi connectivity index (χ0) is 13.6. The van der Waals surface area contributed by atoms with Gasteiger partial charge in [0.05, 0.1) is 23.8 Å². The molecule has 1 N–H and O–H groups in total. The van der Waals surface area contributed by atoms with Gasteiger partial charge < -0.3 is 10.2 Å². The van der Waals surface area contributed by atoms with Crippen molar-refractivity contribution in [2.24, 2.45) is 0 Å². The van der Waals surface area contributed by atoms with Gasteiger partial charge in [0.25, 0.3) is 0 Å². The molecule has 0 aliphatic rings. The molecule has 1 aromatic rings. The highest BCUT2D eigenvalue weighted by Gasteiger charge is 2.30. The number of rotatable bonds is 6. The van der Waals surface area contributed by atoms with Crippen LogP contribution < -0.4 is 10.2 Å². The Bertz CT molecular complexity index is 366. The van der Waals surface area contributed by atoms with E-state index in [1.165, 1.54) is 11.1 Å². The quantitative estimate of drug-likeness (QED) is 0.851. The molecule has 18 heavy (non-hydrogen) atoms. The van der Waals surface area contributed by atoms with Crippen LogP contribution >= 0.6 is 0 Å². The predicted octanol–water partition coefficient (Wildman–Crippen LogP) is 3.29. The molecule has 0 saturated carbocycles. The highest BCUT2D eigenvalue weighted by atomic mass is 19.4. The average Bonchev–Trinajstić information content (AvgIpc) is 2.28. The first kappa shape index (κ1) is 14.6. The fraction of sp³-hybridized carbons (Fsp3) is 0.583. The molecule has 0 unspecified atom stereocenters. The maximum atomic E-state index is 12.5. The second-order valence-corrected chi connectivity index (χ2v) is 4.00. The van der Waals surface area contributed by atoms with Crippen LogP contribution in [-0.2, 0) is 0 Å². The molecule has 6 heteroatoms. The van der Waals surface area contributed by atoms with Crippen molar-refractivity contribution >= 4 is 11.4 Å². The molecule has 3 nitrogen and oxygen atoms in total. The van der Waals surface area contributed by atoms with Gasteiger partial charge in [-0.3, -0.25) is 4.98 Å². The summed E-state index contributed by atoms with van der Waals surface area (Å²) in [5.74, 6) is 0. The number of nitrogens with one attached hydrogen (secondary N) is 1. The minimum Gasteiger partial charge on any atom is -0.384 e. The summed E-state index contributed by atoms with van der Waals surface area (Å²) in [5.41, 5.74) is 1.23. The average molecular weight is 261 g/mol. The van der Waals surface area contributed by atoms with Crippen LogP contribution in [0.5, 0.6) is 0 Å². The van der Waals surface area contributed by atoms with Gasteiger partial charge in [-0.2, -0.15) is 13.2 Å². The first-order chi connectivity index (χ1) is 8.46. The van der Waals surface area contributed by atoms with Crippen LogP contribution in [0.25, 0.3) is 0 Å². The Morgan fingerprint density at radius 1 is 1.28 bits per heavy atom. The molecule has 0 saturated heterocycles. The summed E-state index contributed by atoms with van der Waals surface area (Å²) in [6.07, 6.45) is -0.488. The third-order valence-corrected chi connectivity index (χ3v) is 2.33. The summed E-state index contributed by atoms with van der Waals surface area (Å²) >= 11 is 0. The molecule has 0 spiro atoms. The summed E-state index contributed by atoms with van der Waals surface area (Å²) in [4.78, 5) is 5.26. The fourth-order valence-corrected chi connectivity index (χ4v) is 1.69. The summed E-state index contributed by atoms with van der Waals surface area (Å²) in [7, 11) is 0. The highest BCUT2D eigenvalue weighted by molar-refractivity contribution is 5.55. The Hall–Kier alpha value is -1.46. The Kier molecular flexibility index (Phi) is 5.25. The standard InChI is InChI=1S/C12H18F3N3/c1-3-5-18(9-12(13,14)15)11-6-10(17-4-2)7-16-8-11/h6-8,17H,3-5,9H2,1-2H3. The molecule has 0 aliphatic heterocycles. The van der Waals surface area contributed by atoms with Crippen LogP contribution in [0.3, 0.4) is 0 Å². The van der Waals surface area contributed by atoms with Crippen molar-refractivity contribution in [2.75, 3.05) is 29.9 Å². The van der Waals surface area contributed by atoms with E-state index < -0.39 is 12.7 Å². The second-order valence-electron chi connectivity index (χ2n) is 4.00. The molecule has 0 bridgehead atoms. The van der Waals surface area contributed by atoms with Gasteiger partial charge in [-0.25, -0.2) is 0 Å². The lowest BCUT2D eigenvalue weighted by Crippen LogP contribution is -2.34. The van der Waals surface area contributed by atoms with E-state index in [1.807, 2.05) is 13.8 Å². The maximum Gasteiger partial charge on any atom is 0.405 e. The molecular formula is C12H18F3N3. The van der Waals surface area contributed by atoms with Crippen molar-refractivity contribution in [1.82, 2.24) is 4.98 Å². The van der Waals surface area contributed by atoms with Crippen LogP contribution in [0.2, 0.25) is 0 Å². The van der Waals surface area contributed by atoms with Crippen molar-refractivity contribution in [1.29, 1.82) is 0 Å². The van der Waals surface area contributed by atoms with E-state index in [2.05, 4.69) is 10.3 Å². The summed E-state index contributed by atoms with van der Waals surface area (Å²) in [6.45, 7) is 3.89. The van der Waals surface area contributed by atoms with Crippen molar-refractivity contribution in [3.05, 3.63) is 18.5 Å². The molecule has 0 aliphatic carbocycles. The molecule has 0 fully saturated rings. The summed E-state index contributed by atoms with van der Waals surface area (Å²) < 4.78 is 37.5. The van der Waals surface area contributed by atoms with Gasteiger partial charge in [0.1, 0.15) is 6.54 Å². The molecule has 1 rings (SSSR count). The number of alkyl halides is 3. The van der Waals surface area contributed by atoms with E-state index in [-0.39, 0.29) is 0 Å². The first-order valence-electron chi connectivity index (χ1n) is 5.97. The maximum absolute atomic E-state index is 12.5. The van der Waals surface area contributed by atoms with Crippen molar-refractivity contribution in [2.45, 2.75) is 26.4 Å². The molecule has 0 radical (unpaired) electrons. The lowest BCUT2D eigenvalue weighted by atomic mass is 10.3. The number of anilines is 2. The van der Waals surface area contributed by atoms with Gasteiger partial charge in [-0.05, 0) is 19.4 Å². The molecule has 102 valence electrons. The van der Waals surface area contributed by atoms with Gasteiger partial charge in [-0.1, -0.05) is 6.92 Å². The molecule has 0 atom stereocenters. The van der Waals surface area contributed by atoms with E-state index >= 15 is 0 Å². The van der Waals surface area contributed by atoms with Crippen LogP contribution in [0.15, 0.2) is 18.5 Å². The Balaban J connectivity index is 2.87. The molecule has 0 aromatic carbocycles. The highest BCUT2D eigenvalue weighted by Crippen LogP contribution is 2.23. The van der Waals surface area contributed by atoms with Gasteiger partial charge >= 0.3 is 6.18 Å². The summed E-state index contributed by atoms with van der Waals surface area (Å²) in [5, 5.41) is 3.04. The number of halogens is 3. The van der Waals surface area contributed by atoms with Gasteiger partial charge in [0.15, 0.2) is 0 Å². The zero-order valence-electron chi connectivity index (χ0n) is 10.6. The molecular weight excluding hydrogens is 243 g/mol. The van der Waals surface area contributed by atoms with Gasteiger partial charge in [-0.15, -0.1) is 0 Å². The number of pyridine rings is 1. The molecule has 1 heterocycles. The van der Waals surface area contributed by atoms with Crippen LogP contribution in [0.1, 0.15) is 20.3 Å². The van der Waals surface area contributed by atoms with Crippen LogP contribution in [0, 0.1) is 0 Å². The van der Waals surface area contributed by atoms with Crippen molar-refractivity contribution < 1.29 is 13.2 Å². The van der Waals surface area contributed by atoms with E-state index in [0.29, 0.717) is 25.2 Å². The smallest absolute Gasteiger partial charge is 0.384 e. The number of nitrogens with zero attached hydrogens (tertiary/aromatic N) is 2. The topological polar surface area (TPSA) is 28.2 Å². The lowest BCUT2D eigenvalue weighted by Gasteiger charge is -2.25. The van der Waals surface area contributed by atoms with Crippen molar-refractivity contribution in [3.63, 3.8) is 0 Å². The monoisotopic (exact) mass is 261 g/mol. The fourth-order valence-electron chi connectivity index (χ4n) is 1.69. The van der Waals surface area contributed by atoms with E-state index in [4.69, 9.17) is 0 Å². The van der Waals surface area contributed by atoms with E-state index in [1.54, 1.807) is 12.3 Å². The van der Waals surface area contributed by atoms with Crippen molar-refractivity contribution in [3.8, 4) is 0 Å².